The quantitative estimate of drug-likeness (QED) is 0.449. The van der Waals surface area contributed by atoms with Crippen LogP contribution >= 0.6 is 22.9 Å². The maximum absolute atomic E-state index is 12.4. The zero-order valence-corrected chi connectivity index (χ0v) is 18.0. The summed E-state index contributed by atoms with van der Waals surface area (Å²) in [7, 11) is 1.93. The molecular formula is C22H19ClN4O2S. The van der Waals surface area contributed by atoms with Crippen LogP contribution in [0.1, 0.15) is 5.56 Å². The van der Waals surface area contributed by atoms with Crippen molar-refractivity contribution in [1.82, 2.24) is 14.5 Å². The molecule has 6 nitrogen and oxygen atoms in total. The second-order valence-corrected chi connectivity index (χ2v) is 8.08. The molecule has 2 heterocycles. The molecule has 1 amide bonds. The number of imidazole rings is 1. The van der Waals surface area contributed by atoms with Crippen molar-refractivity contribution in [3.63, 3.8) is 0 Å². The number of aryl methyl sites for hydroxylation is 2. The minimum Gasteiger partial charge on any atom is -0.484 e. The van der Waals surface area contributed by atoms with Gasteiger partial charge in [-0.1, -0.05) is 53.3 Å². The van der Waals surface area contributed by atoms with Gasteiger partial charge in [0.05, 0.1) is 10.6 Å². The second-order valence-electron chi connectivity index (χ2n) is 6.67. The van der Waals surface area contributed by atoms with E-state index in [1.807, 2.05) is 55.1 Å². The van der Waals surface area contributed by atoms with Gasteiger partial charge in [0, 0.05) is 30.0 Å². The van der Waals surface area contributed by atoms with E-state index >= 15 is 0 Å². The van der Waals surface area contributed by atoms with E-state index in [0.717, 1.165) is 27.5 Å². The Morgan fingerprint density at radius 3 is 2.73 bits per heavy atom. The van der Waals surface area contributed by atoms with E-state index in [4.69, 9.17) is 16.3 Å². The van der Waals surface area contributed by atoms with Crippen molar-refractivity contribution in [2.45, 2.75) is 6.92 Å². The molecule has 0 spiro atoms. The van der Waals surface area contributed by atoms with Gasteiger partial charge in [0.25, 0.3) is 5.91 Å². The van der Waals surface area contributed by atoms with Gasteiger partial charge in [-0.15, -0.1) is 0 Å². The summed E-state index contributed by atoms with van der Waals surface area (Å²) >= 11 is 7.40. The highest BCUT2D eigenvalue weighted by molar-refractivity contribution is 7.19. The Kier molecular flexibility index (Phi) is 5.83. The molecule has 0 radical (unpaired) electrons. The van der Waals surface area contributed by atoms with Crippen LogP contribution in [0.25, 0.3) is 22.0 Å². The summed E-state index contributed by atoms with van der Waals surface area (Å²) in [6.45, 7) is 1.76. The van der Waals surface area contributed by atoms with Gasteiger partial charge < -0.3 is 9.30 Å². The minimum absolute atomic E-state index is 0.126. The van der Waals surface area contributed by atoms with Crippen LogP contribution in [0.4, 0.5) is 5.13 Å². The third-order valence-corrected chi connectivity index (χ3v) is 5.84. The predicted molar refractivity (Wildman–Crippen MR) is 120 cm³/mol. The topological polar surface area (TPSA) is 69.0 Å². The van der Waals surface area contributed by atoms with E-state index < -0.39 is 0 Å². The van der Waals surface area contributed by atoms with Crippen molar-refractivity contribution in [1.29, 1.82) is 0 Å². The molecule has 0 bridgehead atoms. The SMILES string of the molecule is Cc1cc(OCC(=O)Nc2nc(-c3ccccc3)c(-c3nccn3C)s2)ccc1Cl. The highest BCUT2D eigenvalue weighted by Crippen LogP contribution is 2.38. The fourth-order valence-electron chi connectivity index (χ4n) is 2.91. The van der Waals surface area contributed by atoms with Gasteiger partial charge in [0.1, 0.15) is 5.75 Å². The zero-order chi connectivity index (χ0) is 21.1. The van der Waals surface area contributed by atoms with Crippen molar-refractivity contribution < 1.29 is 9.53 Å². The summed E-state index contributed by atoms with van der Waals surface area (Å²) in [4.78, 5) is 22.4. The van der Waals surface area contributed by atoms with Crippen LogP contribution in [0.3, 0.4) is 0 Å². The van der Waals surface area contributed by atoms with Gasteiger partial charge in [0.15, 0.2) is 17.6 Å². The van der Waals surface area contributed by atoms with Gasteiger partial charge in [-0.2, -0.15) is 0 Å². The lowest BCUT2D eigenvalue weighted by Gasteiger charge is -2.07. The number of nitrogens with zero attached hydrogens (tertiary/aromatic N) is 3. The Balaban J connectivity index is 1.54. The average Bonchev–Trinajstić information content (AvgIpc) is 3.35. The highest BCUT2D eigenvalue weighted by atomic mass is 35.5. The fraction of sp³-hybridized carbons (Fsp3) is 0.136. The van der Waals surface area contributed by atoms with Crippen LogP contribution in [0, 0.1) is 6.92 Å². The average molecular weight is 439 g/mol. The maximum Gasteiger partial charge on any atom is 0.264 e. The minimum atomic E-state index is -0.289. The maximum atomic E-state index is 12.4. The van der Waals surface area contributed by atoms with Gasteiger partial charge in [0.2, 0.25) is 0 Å². The zero-order valence-electron chi connectivity index (χ0n) is 16.4. The molecule has 0 aliphatic heterocycles. The van der Waals surface area contributed by atoms with Gasteiger partial charge in [-0.05, 0) is 30.7 Å². The normalized spacial score (nSPS) is 10.8. The molecule has 0 aliphatic rings. The van der Waals surface area contributed by atoms with E-state index in [-0.39, 0.29) is 12.5 Å². The lowest BCUT2D eigenvalue weighted by Crippen LogP contribution is -2.20. The molecule has 152 valence electrons. The van der Waals surface area contributed by atoms with Crippen molar-refractivity contribution >= 4 is 34.0 Å². The van der Waals surface area contributed by atoms with Crippen molar-refractivity contribution in [3.8, 4) is 27.7 Å². The third-order valence-electron chi connectivity index (χ3n) is 4.44. The summed E-state index contributed by atoms with van der Waals surface area (Å²) in [5, 5.41) is 3.98. The number of thiazole rings is 1. The van der Waals surface area contributed by atoms with Crippen molar-refractivity contribution in [2.75, 3.05) is 11.9 Å². The number of aromatic nitrogens is 3. The van der Waals surface area contributed by atoms with E-state index in [9.17, 15) is 4.79 Å². The Morgan fingerprint density at radius 2 is 2.03 bits per heavy atom. The highest BCUT2D eigenvalue weighted by Gasteiger charge is 2.19. The van der Waals surface area contributed by atoms with Gasteiger partial charge >= 0.3 is 0 Å². The molecule has 2 aromatic heterocycles. The number of ether oxygens (including phenoxy) is 1. The number of halogens is 1. The van der Waals surface area contributed by atoms with E-state index in [1.165, 1.54) is 11.3 Å². The number of anilines is 1. The molecule has 1 N–H and O–H groups in total. The number of nitrogens with one attached hydrogen (secondary N) is 1. The molecule has 4 aromatic rings. The van der Waals surface area contributed by atoms with Crippen molar-refractivity contribution in [3.05, 3.63) is 71.5 Å². The first-order chi connectivity index (χ1) is 14.5. The van der Waals surface area contributed by atoms with E-state index in [2.05, 4.69) is 15.3 Å². The Labute approximate surface area is 183 Å². The van der Waals surface area contributed by atoms with Gasteiger partial charge in [-0.3, -0.25) is 10.1 Å². The van der Waals surface area contributed by atoms with Gasteiger partial charge in [-0.25, -0.2) is 9.97 Å². The Morgan fingerprint density at radius 1 is 1.23 bits per heavy atom. The molecule has 0 aliphatic carbocycles. The first-order valence-electron chi connectivity index (χ1n) is 9.24. The Bertz CT molecular complexity index is 1190. The summed E-state index contributed by atoms with van der Waals surface area (Å²) in [6, 6.07) is 15.1. The first-order valence-corrected chi connectivity index (χ1v) is 10.4. The van der Waals surface area contributed by atoms with Crippen LogP contribution < -0.4 is 10.1 Å². The number of rotatable bonds is 6. The molecule has 0 unspecified atom stereocenters. The second kappa shape index (κ2) is 8.69. The lowest BCUT2D eigenvalue weighted by atomic mass is 10.1. The summed E-state index contributed by atoms with van der Waals surface area (Å²) in [5.41, 5.74) is 2.63. The third kappa shape index (κ3) is 4.37. The number of benzene rings is 2. The number of hydrogen-bond donors (Lipinski definition) is 1. The number of carbonyl (C=O) groups excluding carboxylic acids is 1. The fourth-order valence-corrected chi connectivity index (χ4v) is 4.07. The van der Waals surface area contributed by atoms with Crippen molar-refractivity contribution in [2.24, 2.45) is 7.05 Å². The molecule has 0 atom stereocenters. The van der Waals surface area contributed by atoms with E-state index in [0.29, 0.717) is 15.9 Å². The molecule has 0 saturated heterocycles. The summed E-state index contributed by atoms with van der Waals surface area (Å²) < 4.78 is 7.51. The number of amides is 1. The molecule has 30 heavy (non-hydrogen) atoms. The predicted octanol–water partition coefficient (Wildman–Crippen LogP) is 5.19. The molecular weight excluding hydrogens is 420 g/mol. The molecule has 4 rings (SSSR count). The number of hydrogen-bond acceptors (Lipinski definition) is 5. The standard InChI is InChI=1S/C22H19ClN4O2S/c1-14-12-16(8-9-17(14)23)29-13-18(28)25-22-26-19(15-6-4-3-5-7-15)20(30-22)21-24-10-11-27(21)2/h3-12H,13H2,1-2H3,(H,25,26,28). The molecule has 2 aromatic carbocycles. The largest absolute Gasteiger partial charge is 0.484 e. The smallest absolute Gasteiger partial charge is 0.264 e. The molecule has 0 fully saturated rings. The molecule has 0 saturated carbocycles. The van der Waals surface area contributed by atoms with Crippen LogP contribution in [-0.2, 0) is 11.8 Å². The lowest BCUT2D eigenvalue weighted by molar-refractivity contribution is -0.118. The first kappa shape index (κ1) is 20.1. The van der Waals surface area contributed by atoms with Crippen LogP contribution in [0.2, 0.25) is 5.02 Å². The summed E-state index contributed by atoms with van der Waals surface area (Å²) in [5.74, 6) is 1.09. The van der Waals surface area contributed by atoms with E-state index in [1.54, 1.807) is 24.4 Å². The number of carbonyl (C=O) groups is 1. The van der Waals surface area contributed by atoms with Crippen LogP contribution in [0.15, 0.2) is 60.9 Å². The molecule has 8 heteroatoms. The monoisotopic (exact) mass is 438 g/mol. The summed E-state index contributed by atoms with van der Waals surface area (Å²) in [6.07, 6.45) is 3.62. The Hall–Kier alpha value is -3.16. The van der Waals surface area contributed by atoms with Crippen LogP contribution in [0.5, 0.6) is 5.75 Å². The van der Waals surface area contributed by atoms with Crippen LogP contribution in [-0.4, -0.2) is 27.0 Å².